The average Bonchev–Trinajstić information content (AvgIpc) is 2.86. The minimum atomic E-state index is -0.199. The molecule has 0 aromatic heterocycles. The lowest BCUT2D eigenvalue weighted by atomic mass is 9.97. The molecule has 5 nitrogen and oxygen atoms in total. The third-order valence-corrected chi connectivity index (χ3v) is 4.25. The molecule has 0 aliphatic carbocycles. The van der Waals surface area contributed by atoms with Gasteiger partial charge < -0.3 is 20.7 Å². The van der Waals surface area contributed by atoms with E-state index in [2.05, 4.69) is 16.0 Å². The Bertz CT molecular complexity index is 796. The van der Waals surface area contributed by atoms with Gasteiger partial charge in [-0.05, 0) is 29.8 Å². The van der Waals surface area contributed by atoms with E-state index in [4.69, 9.17) is 4.74 Å². The van der Waals surface area contributed by atoms with E-state index < -0.39 is 0 Å². The second kappa shape index (κ2) is 5.35. The van der Waals surface area contributed by atoms with Gasteiger partial charge in [0.05, 0.1) is 36.6 Å². The number of para-hydroxylation sites is 2. The number of amides is 1. The number of methoxy groups -OCH3 is 1. The van der Waals surface area contributed by atoms with Crippen molar-refractivity contribution in [2.75, 3.05) is 24.3 Å². The van der Waals surface area contributed by atoms with Gasteiger partial charge in [-0.25, -0.2) is 0 Å². The van der Waals surface area contributed by atoms with Crippen LogP contribution in [0.1, 0.15) is 11.6 Å². The lowest BCUT2D eigenvalue weighted by Gasteiger charge is -2.20. The molecule has 1 atom stereocenters. The zero-order valence-electron chi connectivity index (χ0n) is 12.7. The van der Waals surface area contributed by atoms with Crippen LogP contribution in [0.3, 0.4) is 0 Å². The van der Waals surface area contributed by atoms with Gasteiger partial charge in [0, 0.05) is 5.70 Å². The molecule has 2 aliphatic rings. The van der Waals surface area contributed by atoms with E-state index in [1.54, 1.807) is 7.11 Å². The molecule has 0 saturated carbocycles. The van der Waals surface area contributed by atoms with Crippen molar-refractivity contribution < 1.29 is 9.53 Å². The SMILES string of the molecule is COc1ccc([C@H]2Nc3ccccc3NC3=C2C(=O)NC3)cc1. The number of benzene rings is 2. The number of rotatable bonds is 2. The zero-order chi connectivity index (χ0) is 15.8. The van der Waals surface area contributed by atoms with Gasteiger partial charge in [0.2, 0.25) is 0 Å². The Balaban J connectivity index is 1.81. The normalized spacial score (nSPS) is 19.0. The molecule has 2 aliphatic heterocycles. The molecule has 4 rings (SSSR count). The van der Waals surface area contributed by atoms with E-state index in [-0.39, 0.29) is 11.9 Å². The number of fused-ring (bicyclic) bond motifs is 1. The smallest absolute Gasteiger partial charge is 0.251 e. The van der Waals surface area contributed by atoms with Crippen LogP contribution >= 0.6 is 0 Å². The number of carbonyl (C=O) groups is 1. The highest BCUT2D eigenvalue weighted by Crippen LogP contribution is 2.38. The second-order valence-electron chi connectivity index (χ2n) is 5.60. The predicted octanol–water partition coefficient (Wildman–Crippen LogP) is 2.66. The summed E-state index contributed by atoms with van der Waals surface area (Å²) in [6, 6.07) is 15.6. The molecule has 3 N–H and O–H groups in total. The monoisotopic (exact) mass is 307 g/mol. The van der Waals surface area contributed by atoms with E-state index in [0.717, 1.165) is 34.0 Å². The fourth-order valence-electron chi connectivity index (χ4n) is 3.07. The Labute approximate surface area is 134 Å². The molecule has 0 unspecified atom stereocenters. The highest BCUT2D eigenvalue weighted by Gasteiger charge is 2.33. The molecule has 5 heteroatoms. The Morgan fingerprint density at radius 1 is 1.04 bits per heavy atom. The van der Waals surface area contributed by atoms with Crippen molar-refractivity contribution in [1.29, 1.82) is 0 Å². The predicted molar refractivity (Wildman–Crippen MR) is 89.5 cm³/mol. The number of hydrogen-bond donors (Lipinski definition) is 3. The van der Waals surface area contributed by atoms with Crippen molar-refractivity contribution in [3.05, 3.63) is 65.4 Å². The molecular weight excluding hydrogens is 290 g/mol. The number of ether oxygens (including phenoxy) is 1. The second-order valence-corrected chi connectivity index (χ2v) is 5.60. The Morgan fingerprint density at radius 3 is 2.52 bits per heavy atom. The Hall–Kier alpha value is -2.95. The molecule has 2 aromatic rings. The molecule has 0 saturated heterocycles. The van der Waals surface area contributed by atoms with Gasteiger partial charge in [0.15, 0.2) is 0 Å². The number of hydrogen-bond acceptors (Lipinski definition) is 4. The molecule has 1 amide bonds. The van der Waals surface area contributed by atoms with Gasteiger partial charge in [-0.3, -0.25) is 4.79 Å². The minimum absolute atomic E-state index is 0.0337. The van der Waals surface area contributed by atoms with Crippen LogP contribution in [0.25, 0.3) is 0 Å². The first-order valence-electron chi connectivity index (χ1n) is 7.54. The van der Waals surface area contributed by atoms with Crippen LogP contribution in [0.2, 0.25) is 0 Å². The van der Waals surface area contributed by atoms with Crippen LogP contribution in [0, 0.1) is 0 Å². The highest BCUT2D eigenvalue weighted by molar-refractivity contribution is 6.00. The lowest BCUT2D eigenvalue weighted by molar-refractivity contribution is -0.116. The van der Waals surface area contributed by atoms with Gasteiger partial charge in [0.25, 0.3) is 5.91 Å². The quantitative estimate of drug-likeness (QED) is 0.798. The fourth-order valence-corrected chi connectivity index (χ4v) is 3.07. The third kappa shape index (κ3) is 2.30. The van der Waals surface area contributed by atoms with Gasteiger partial charge in [-0.1, -0.05) is 24.3 Å². The maximum atomic E-state index is 12.3. The van der Waals surface area contributed by atoms with Crippen molar-refractivity contribution in [2.45, 2.75) is 6.04 Å². The molecule has 23 heavy (non-hydrogen) atoms. The molecule has 2 heterocycles. The van der Waals surface area contributed by atoms with Gasteiger partial charge in [-0.15, -0.1) is 0 Å². The van der Waals surface area contributed by atoms with Gasteiger partial charge >= 0.3 is 0 Å². The summed E-state index contributed by atoms with van der Waals surface area (Å²) in [4.78, 5) is 12.3. The standard InChI is InChI=1S/C18H17N3O2/c1-23-12-8-6-11(7-9-12)17-16-15(10-19-18(16)22)20-13-4-2-3-5-14(13)21-17/h2-9,17,20-21H,10H2,1H3,(H,19,22)/t17-/m1/s1. The first-order valence-corrected chi connectivity index (χ1v) is 7.54. The van der Waals surface area contributed by atoms with Crippen LogP contribution in [-0.4, -0.2) is 19.6 Å². The Kier molecular flexibility index (Phi) is 3.19. The molecule has 0 bridgehead atoms. The van der Waals surface area contributed by atoms with Crippen LogP contribution in [-0.2, 0) is 4.79 Å². The molecular formula is C18H17N3O2. The zero-order valence-corrected chi connectivity index (χ0v) is 12.7. The summed E-state index contributed by atoms with van der Waals surface area (Å²) in [6.07, 6.45) is 0. The summed E-state index contributed by atoms with van der Waals surface area (Å²) in [5.41, 5.74) is 4.65. The van der Waals surface area contributed by atoms with Gasteiger partial charge in [-0.2, -0.15) is 0 Å². The molecule has 116 valence electrons. The first kappa shape index (κ1) is 13.7. The Morgan fingerprint density at radius 2 is 1.78 bits per heavy atom. The number of anilines is 2. The largest absolute Gasteiger partial charge is 0.497 e. The van der Waals surface area contributed by atoms with E-state index in [9.17, 15) is 4.79 Å². The van der Waals surface area contributed by atoms with Crippen molar-refractivity contribution in [3.8, 4) is 5.75 Å². The van der Waals surface area contributed by atoms with E-state index in [1.807, 2.05) is 48.5 Å². The van der Waals surface area contributed by atoms with Crippen molar-refractivity contribution in [1.82, 2.24) is 5.32 Å². The van der Waals surface area contributed by atoms with E-state index in [0.29, 0.717) is 6.54 Å². The third-order valence-electron chi connectivity index (χ3n) is 4.25. The van der Waals surface area contributed by atoms with Crippen molar-refractivity contribution in [2.24, 2.45) is 0 Å². The summed E-state index contributed by atoms with van der Waals surface area (Å²) < 4.78 is 5.22. The minimum Gasteiger partial charge on any atom is -0.497 e. The number of carbonyl (C=O) groups excluding carboxylic acids is 1. The first-order chi connectivity index (χ1) is 11.3. The maximum Gasteiger partial charge on any atom is 0.251 e. The van der Waals surface area contributed by atoms with E-state index in [1.165, 1.54) is 0 Å². The van der Waals surface area contributed by atoms with Crippen LogP contribution < -0.4 is 20.7 Å². The van der Waals surface area contributed by atoms with Crippen LogP contribution in [0.15, 0.2) is 59.8 Å². The average molecular weight is 307 g/mol. The van der Waals surface area contributed by atoms with Crippen LogP contribution in [0.4, 0.5) is 11.4 Å². The van der Waals surface area contributed by atoms with Crippen molar-refractivity contribution in [3.63, 3.8) is 0 Å². The van der Waals surface area contributed by atoms with Crippen LogP contribution in [0.5, 0.6) is 5.75 Å². The number of nitrogens with one attached hydrogen (secondary N) is 3. The summed E-state index contributed by atoms with van der Waals surface area (Å²) in [5.74, 6) is 0.764. The summed E-state index contributed by atoms with van der Waals surface area (Å²) >= 11 is 0. The van der Waals surface area contributed by atoms with Gasteiger partial charge in [0.1, 0.15) is 5.75 Å². The summed E-state index contributed by atoms with van der Waals surface area (Å²) in [7, 11) is 1.64. The lowest BCUT2D eigenvalue weighted by Crippen LogP contribution is -2.23. The molecule has 2 aromatic carbocycles. The summed E-state index contributed by atoms with van der Waals surface area (Å²) in [6.45, 7) is 0.525. The summed E-state index contributed by atoms with van der Waals surface area (Å²) in [5, 5.41) is 9.78. The molecule has 0 fully saturated rings. The maximum absolute atomic E-state index is 12.3. The van der Waals surface area contributed by atoms with E-state index >= 15 is 0 Å². The fraction of sp³-hybridized carbons (Fsp3) is 0.167. The topological polar surface area (TPSA) is 62.4 Å². The van der Waals surface area contributed by atoms with Crippen molar-refractivity contribution >= 4 is 17.3 Å². The highest BCUT2D eigenvalue weighted by atomic mass is 16.5. The molecule has 0 radical (unpaired) electrons. The molecule has 0 spiro atoms.